The van der Waals surface area contributed by atoms with E-state index in [0.717, 1.165) is 9.87 Å². The number of rotatable bonds is 11. The molecule has 42 heavy (non-hydrogen) atoms. The first kappa shape index (κ1) is 30.8. The van der Waals surface area contributed by atoms with Gasteiger partial charge >= 0.3 is 0 Å². The van der Waals surface area contributed by atoms with Crippen LogP contribution in [-0.4, -0.2) is 39.6 Å². The lowest BCUT2D eigenvalue weighted by Crippen LogP contribution is -2.39. The van der Waals surface area contributed by atoms with E-state index in [1.54, 1.807) is 84.9 Å². The minimum atomic E-state index is -4.05. The van der Waals surface area contributed by atoms with Crippen molar-refractivity contribution in [3.05, 3.63) is 118 Å². The monoisotopic (exact) mass is 668 g/mol. The number of sulfonamides is 1. The average Bonchev–Trinajstić information content (AvgIpc) is 2.97. The lowest BCUT2D eigenvalue weighted by Gasteiger charge is -2.24. The fourth-order valence-electron chi connectivity index (χ4n) is 3.68. The van der Waals surface area contributed by atoms with Crippen molar-refractivity contribution in [2.45, 2.75) is 11.8 Å². The molecule has 0 atom stereocenters. The van der Waals surface area contributed by atoms with E-state index >= 15 is 0 Å². The summed E-state index contributed by atoms with van der Waals surface area (Å²) in [6, 6.07) is 26.6. The number of benzene rings is 4. The maximum absolute atomic E-state index is 13.5. The van der Waals surface area contributed by atoms with E-state index in [2.05, 4.69) is 31.8 Å². The van der Waals surface area contributed by atoms with Gasteiger partial charge in [0.15, 0.2) is 6.61 Å². The molecule has 0 saturated heterocycles. The van der Waals surface area contributed by atoms with Crippen LogP contribution in [-0.2, 0) is 19.6 Å². The largest absolute Gasteiger partial charge is 0.484 e. The van der Waals surface area contributed by atoms with Crippen LogP contribution in [0.15, 0.2) is 112 Å². The van der Waals surface area contributed by atoms with Crippen LogP contribution in [0, 0.1) is 6.92 Å². The average molecular weight is 670 g/mol. The minimum absolute atomic E-state index is 0.0630. The van der Waals surface area contributed by atoms with E-state index < -0.39 is 22.5 Å². The number of anilines is 2. The van der Waals surface area contributed by atoms with Gasteiger partial charge in [-0.2, -0.15) is 5.10 Å². The van der Waals surface area contributed by atoms with Gasteiger partial charge in [-0.05, 0) is 79.2 Å². The summed E-state index contributed by atoms with van der Waals surface area (Å²) in [5.74, 6) is -0.541. The van der Waals surface area contributed by atoms with Crippen LogP contribution in [0.5, 0.6) is 5.75 Å². The van der Waals surface area contributed by atoms with Crippen LogP contribution in [0.25, 0.3) is 0 Å². The molecule has 0 aromatic heterocycles. The summed E-state index contributed by atoms with van der Waals surface area (Å²) in [5, 5.41) is 7.06. The molecule has 0 aliphatic carbocycles. The van der Waals surface area contributed by atoms with E-state index in [1.807, 2.05) is 6.92 Å². The Morgan fingerprint density at radius 1 is 0.952 bits per heavy atom. The van der Waals surface area contributed by atoms with Gasteiger partial charge in [0.1, 0.15) is 12.3 Å². The van der Waals surface area contributed by atoms with Crippen LogP contribution in [0.3, 0.4) is 0 Å². The third kappa shape index (κ3) is 8.41. The fourth-order valence-corrected chi connectivity index (χ4v) is 5.66. The van der Waals surface area contributed by atoms with Crippen molar-refractivity contribution in [3.8, 4) is 5.75 Å². The summed E-state index contributed by atoms with van der Waals surface area (Å²) < 4.78 is 34.1. The van der Waals surface area contributed by atoms with Crippen LogP contribution in [0.4, 0.5) is 11.4 Å². The van der Waals surface area contributed by atoms with Crippen molar-refractivity contribution in [3.63, 3.8) is 0 Å². The van der Waals surface area contributed by atoms with Crippen molar-refractivity contribution < 1.29 is 22.7 Å². The Kier molecular flexibility index (Phi) is 10.3. The predicted octanol–water partition coefficient (Wildman–Crippen LogP) is 5.77. The van der Waals surface area contributed by atoms with Crippen molar-refractivity contribution in [2.75, 3.05) is 22.8 Å². The van der Waals surface area contributed by atoms with Gasteiger partial charge in [-0.1, -0.05) is 63.4 Å². The molecule has 4 rings (SSSR count). The molecule has 0 saturated carbocycles. The number of para-hydroxylation sites is 1. The molecule has 0 bridgehead atoms. The number of carbonyl (C=O) groups is 2. The Hall–Kier alpha value is -4.19. The van der Waals surface area contributed by atoms with Gasteiger partial charge in [0.25, 0.3) is 21.8 Å². The zero-order valence-electron chi connectivity index (χ0n) is 22.3. The van der Waals surface area contributed by atoms with Crippen LogP contribution in [0.2, 0.25) is 5.02 Å². The molecule has 9 nitrogen and oxygen atoms in total. The molecule has 216 valence electrons. The summed E-state index contributed by atoms with van der Waals surface area (Å²) >= 11 is 9.40. The molecule has 0 aliphatic rings. The van der Waals surface area contributed by atoms with Crippen LogP contribution in [0.1, 0.15) is 11.1 Å². The highest BCUT2D eigenvalue weighted by atomic mass is 79.9. The lowest BCUT2D eigenvalue weighted by molar-refractivity contribution is -0.119. The Balaban J connectivity index is 1.35. The SMILES string of the molecule is Cc1ccc(S(=O)(=O)N(CC(=O)N/N=C\c2ccc(OCC(=O)Nc3ccccc3Cl)cc2)c2cccc(Br)c2)cc1. The first-order valence-corrected chi connectivity index (χ1v) is 15.2. The molecule has 0 aliphatic heterocycles. The smallest absolute Gasteiger partial charge is 0.264 e. The first-order chi connectivity index (χ1) is 20.1. The molecule has 12 heteroatoms. The van der Waals surface area contributed by atoms with Crippen molar-refractivity contribution in [1.29, 1.82) is 0 Å². The van der Waals surface area contributed by atoms with Crippen molar-refractivity contribution in [1.82, 2.24) is 5.43 Å². The number of ether oxygens (including phenoxy) is 1. The Labute approximate surface area is 257 Å². The molecule has 0 radical (unpaired) electrons. The Bertz CT molecular complexity index is 1700. The van der Waals surface area contributed by atoms with Crippen molar-refractivity contribution in [2.24, 2.45) is 5.10 Å². The minimum Gasteiger partial charge on any atom is -0.484 e. The number of halogens is 2. The number of aryl methyl sites for hydroxylation is 1. The molecular formula is C30H26BrClN4O5S. The highest BCUT2D eigenvalue weighted by molar-refractivity contribution is 9.10. The maximum atomic E-state index is 13.5. The quantitative estimate of drug-likeness (QED) is 0.155. The second-order valence-electron chi connectivity index (χ2n) is 8.98. The van der Waals surface area contributed by atoms with E-state index in [1.165, 1.54) is 18.3 Å². The highest BCUT2D eigenvalue weighted by Gasteiger charge is 2.27. The maximum Gasteiger partial charge on any atom is 0.264 e. The van der Waals surface area contributed by atoms with Crippen LogP contribution < -0.4 is 19.8 Å². The highest BCUT2D eigenvalue weighted by Crippen LogP contribution is 2.26. The van der Waals surface area contributed by atoms with Crippen LogP contribution >= 0.6 is 27.5 Å². The number of amides is 2. The third-order valence-corrected chi connectivity index (χ3v) is 8.40. The third-order valence-electron chi connectivity index (χ3n) is 5.79. The zero-order valence-corrected chi connectivity index (χ0v) is 25.5. The lowest BCUT2D eigenvalue weighted by atomic mass is 10.2. The summed E-state index contributed by atoms with van der Waals surface area (Å²) in [6.07, 6.45) is 1.41. The molecular weight excluding hydrogens is 644 g/mol. The van der Waals surface area contributed by atoms with Gasteiger partial charge in [0.05, 0.1) is 27.5 Å². The predicted molar refractivity (Wildman–Crippen MR) is 168 cm³/mol. The standard InChI is InChI=1S/C30H26BrClN4O5S/c1-21-9-15-26(16-10-21)42(39,40)36(24-6-4-5-23(31)17-24)19-29(37)35-33-18-22-11-13-25(14-12-22)41-20-30(38)34-28-8-3-2-7-27(28)32/h2-18H,19-20H2,1H3,(H,34,38)(H,35,37)/b33-18-. The molecule has 2 amide bonds. The number of carbonyl (C=O) groups excluding carboxylic acids is 2. The molecule has 4 aromatic carbocycles. The second-order valence-corrected chi connectivity index (χ2v) is 12.2. The number of nitrogens with one attached hydrogen (secondary N) is 2. The molecule has 4 aromatic rings. The van der Waals surface area contributed by atoms with E-state index in [4.69, 9.17) is 16.3 Å². The summed E-state index contributed by atoms with van der Waals surface area (Å²) in [7, 11) is -4.05. The van der Waals surface area contributed by atoms with E-state index in [0.29, 0.717) is 32.2 Å². The van der Waals surface area contributed by atoms with Gasteiger partial charge in [0, 0.05) is 4.47 Å². The van der Waals surface area contributed by atoms with E-state index in [-0.39, 0.29) is 17.4 Å². The Morgan fingerprint density at radius 2 is 1.67 bits per heavy atom. The number of hydrazone groups is 1. The molecule has 0 spiro atoms. The van der Waals surface area contributed by atoms with Crippen molar-refractivity contribution >= 4 is 67.0 Å². The van der Waals surface area contributed by atoms with Gasteiger partial charge in [-0.25, -0.2) is 13.8 Å². The molecule has 0 unspecified atom stereocenters. The topological polar surface area (TPSA) is 117 Å². The second kappa shape index (κ2) is 14.1. The molecule has 2 N–H and O–H groups in total. The van der Waals surface area contributed by atoms with Gasteiger partial charge in [-0.15, -0.1) is 0 Å². The molecule has 0 heterocycles. The normalized spacial score (nSPS) is 11.2. The summed E-state index contributed by atoms with van der Waals surface area (Å²) in [5.41, 5.74) is 4.74. The van der Waals surface area contributed by atoms with Gasteiger partial charge < -0.3 is 10.1 Å². The van der Waals surface area contributed by atoms with E-state index in [9.17, 15) is 18.0 Å². The molecule has 0 fully saturated rings. The Morgan fingerprint density at radius 3 is 2.36 bits per heavy atom. The van der Waals surface area contributed by atoms with Gasteiger partial charge in [-0.3, -0.25) is 13.9 Å². The number of hydrogen-bond acceptors (Lipinski definition) is 6. The fraction of sp³-hybridized carbons (Fsp3) is 0.100. The van der Waals surface area contributed by atoms with Gasteiger partial charge in [0.2, 0.25) is 0 Å². The number of nitrogens with zero attached hydrogens (tertiary/aromatic N) is 2. The zero-order chi connectivity index (χ0) is 30.1. The number of hydrogen-bond donors (Lipinski definition) is 2. The summed E-state index contributed by atoms with van der Waals surface area (Å²) in [4.78, 5) is 25.0. The summed E-state index contributed by atoms with van der Waals surface area (Å²) in [6.45, 7) is 1.15. The first-order valence-electron chi connectivity index (χ1n) is 12.6.